The Morgan fingerprint density at radius 1 is 1.04 bits per heavy atom. The molecule has 7 N–H and O–H groups in total. The summed E-state index contributed by atoms with van der Waals surface area (Å²) in [5, 5.41) is 52.4. The highest BCUT2D eigenvalue weighted by molar-refractivity contribution is 5.07. The van der Waals surface area contributed by atoms with Crippen LogP contribution in [0, 0.1) is 19.8 Å². The molecule has 49 heavy (non-hydrogen) atoms. The molecule has 12 unspecified atom stereocenters. The van der Waals surface area contributed by atoms with Crippen molar-refractivity contribution in [2.24, 2.45) is 11.7 Å². The van der Waals surface area contributed by atoms with E-state index in [1.54, 1.807) is 39.0 Å². The van der Waals surface area contributed by atoms with E-state index in [0.717, 1.165) is 0 Å². The molecule has 1 saturated heterocycles. The largest absolute Gasteiger partial charge is 0.475 e. The van der Waals surface area contributed by atoms with Crippen LogP contribution < -0.4 is 5.73 Å². The highest BCUT2D eigenvalue weighted by Crippen LogP contribution is 2.31. The topological polar surface area (TPSA) is 183 Å². The molecule has 1 fully saturated rings. The van der Waals surface area contributed by atoms with Crippen LogP contribution in [-0.2, 0) is 28.4 Å². The van der Waals surface area contributed by atoms with Gasteiger partial charge in [0.1, 0.15) is 6.10 Å². The van der Waals surface area contributed by atoms with Gasteiger partial charge in [0.15, 0.2) is 24.5 Å². The van der Waals surface area contributed by atoms with Gasteiger partial charge in [-0.1, -0.05) is 52.2 Å². The number of aliphatic hydroxyl groups is 5. The molecule has 12 heteroatoms. The van der Waals surface area contributed by atoms with Gasteiger partial charge in [-0.2, -0.15) is 12.8 Å². The maximum absolute atomic E-state index is 11.1. The standard InChI is InChI=1S/C37H63NO11/c1-10-14-27(39)23-31(38)25(6)45-28(13-4)21-22-37(8,43)49-30(16-12-3)18-20-33(41)48-35-26(7)46-36(24(5)34(35)42)47-29(15-11-2)17-19-32(40)44-9/h17-19,21-30,32,34-36,39-43H,1-2,10-16,38H2,3-9H3/q-2. The molecule has 12 nitrogen and oxygen atoms in total. The van der Waals surface area contributed by atoms with Gasteiger partial charge in [0.2, 0.25) is 0 Å². The molecule has 1 rings (SSSR count). The van der Waals surface area contributed by atoms with Crippen molar-refractivity contribution in [2.45, 2.75) is 154 Å². The summed E-state index contributed by atoms with van der Waals surface area (Å²) < 4.78 is 34.6. The molecule has 0 aromatic rings. The number of hydrogen-bond acceptors (Lipinski definition) is 12. The minimum atomic E-state index is -1.69. The van der Waals surface area contributed by atoms with Crippen molar-refractivity contribution in [3.8, 4) is 0 Å². The summed E-state index contributed by atoms with van der Waals surface area (Å²) >= 11 is 0. The van der Waals surface area contributed by atoms with E-state index >= 15 is 0 Å². The van der Waals surface area contributed by atoms with Crippen molar-refractivity contribution in [1.29, 1.82) is 0 Å². The van der Waals surface area contributed by atoms with E-state index in [1.165, 1.54) is 32.3 Å². The fourth-order valence-electron chi connectivity index (χ4n) is 5.04. The van der Waals surface area contributed by atoms with Gasteiger partial charge in [-0.05, 0) is 63.6 Å². The van der Waals surface area contributed by atoms with Gasteiger partial charge in [0.05, 0.1) is 36.6 Å². The second-order valence-corrected chi connectivity index (χ2v) is 12.5. The summed E-state index contributed by atoms with van der Waals surface area (Å²) in [6.07, 6.45) is 6.30. The Morgan fingerprint density at radius 2 is 1.71 bits per heavy atom. The summed E-state index contributed by atoms with van der Waals surface area (Å²) in [5.74, 6) is -2.78. The van der Waals surface area contributed by atoms with Crippen molar-refractivity contribution in [3.63, 3.8) is 0 Å². The second-order valence-electron chi connectivity index (χ2n) is 12.5. The summed E-state index contributed by atoms with van der Waals surface area (Å²) in [6.45, 7) is 18.2. The van der Waals surface area contributed by atoms with Crippen molar-refractivity contribution in [3.05, 3.63) is 67.7 Å². The first-order chi connectivity index (χ1) is 23.1. The average molecular weight is 698 g/mol. The quantitative estimate of drug-likeness (QED) is 0.0287. The summed E-state index contributed by atoms with van der Waals surface area (Å²) in [6, 6.07) is 0. The molecule has 0 radical (unpaired) electrons. The Balaban J connectivity index is 2.94. The van der Waals surface area contributed by atoms with Gasteiger partial charge in [0, 0.05) is 18.7 Å². The van der Waals surface area contributed by atoms with Gasteiger partial charge in [-0.15, -0.1) is 0 Å². The van der Waals surface area contributed by atoms with Crippen LogP contribution in [0.25, 0.3) is 0 Å². The number of rotatable bonds is 23. The molecular weight excluding hydrogens is 634 g/mol. The molecule has 1 aliphatic heterocycles. The lowest BCUT2D eigenvalue weighted by atomic mass is 9.92. The van der Waals surface area contributed by atoms with Crippen LogP contribution in [0.4, 0.5) is 0 Å². The van der Waals surface area contributed by atoms with Crippen molar-refractivity contribution < 1.29 is 54.0 Å². The van der Waals surface area contributed by atoms with Crippen LogP contribution in [0.3, 0.4) is 0 Å². The summed E-state index contributed by atoms with van der Waals surface area (Å²) in [4.78, 5) is 0. The highest BCUT2D eigenvalue weighted by Gasteiger charge is 2.44. The van der Waals surface area contributed by atoms with E-state index < -0.39 is 73.0 Å². The lowest BCUT2D eigenvalue weighted by Crippen LogP contribution is -2.54. The van der Waals surface area contributed by atoms with Gasteiger partial charge in [-0.25, -0.2) is 0 Å². The van der Waals surface area contributed by atoms with Gasteiger partial charge < -0.3 is 73.5 Å². The lowest BCUT2D eigenvalue weighted by molar-refractivity contribution is -0.286. The van der Waals surface area contributed by atoms with Crippen LogP contribution >= 0.6 is 0 Å². The second kappa shape index (κ2) is 23.3. The normalized spacial score (nSPS) is 26.8. The average Bonchev–Trinajstić information content (AvgIpc) is 3.04. The first-order valence-corrected chi connectivity index (χ1v) is 17.3. The number of nitrogens with two attached hydrogens (primary N) is 1. The first-order valence-electron chi connectivity index (χ1n) is 17.3. The molecule has 12 atom stereocenters. The van der Waals surface area contributed by atoms with E-state index in [4.69, 9.17) is 34.2 Å². The zero-order valence-corrected chi connectivity index (χ0v) is 30.4. The fraction of sp³-hybridized carbons (Fsp3) is 0.703. The Morgan fingerprint density at radius 3 is 2.31 bits per heavy atom. The number of aliphatic hydroxyl groups excluding tert-OH is 4. The Kier molecular flexibility index (Phi) is 21.3. The molecular formula is C37H63NO11-2. The number of hydrogen-bond donors (Lipinski definition) is 6. The zero-order chi connectivity index (χ0) is 37.1. The lowest BCUT2D eigenvalue weighted by Gasteiger charge is -2.42. The highest BCUT2D eigenvalue weighted by atomic mass is 16.7. The van der Waals surface area contributed by atoms with E-state index in [2.05, 4.69) is 19.6 Å². The predicted molar refractivity (Wildman–Crippen MR) is 187 cm³/mol. The SMILES string of the molecule is [CH2-]CCC(O)C=C(N)C(C)OC(C=CC(C)(O)OC(C=C=C(O)OC1C(C)OC(OC(C=CC(O)OC)CC[CH2-])C(C)C1O)CCC)CC. The first kappa shape index (κ1) is 44.8. The minimum absolute atomic E-state index is 0.382. The molecule has 0 aromatic heterocycles. The summed E-state index contributed by atoms with van der Waals surface area (Å²) in [5.41, 5.74) is 9.18. The van der Waals surface area contributed by atoms with E-state index in [9.17, 15) is 25.5 Å². The van der Waals surface area contributed by atoms with Crippen LogP contribution in [-0.4, -0.2) is 99.8 Å². The molecule has 0 spiro atoms. The van der Waals surface area contributed by atoms with E-state index in [0.29, 0.717) is 50.6 Å². The molecule has 1 aliphatic rings. The molecule has 1 heterocycles. The minimum Gasteiger partial charge on any atom is -0.475 e. The van der Waals surface area contributed by atoms with E-state index in [-0.39, 0.29) is 6.10 Å². The third kappa shape index (κ3) is 17.0. The Hall–Kier alpha value is -2.22. The van der Waals surface area contributed by atoms with Crippen molar-refractivity contribution in [2.75, 3.05) is 7.11 Å². The van der Waals surface area contributed by atoms with Gasteiger partial charge in [0.25, 0.3) is 0 Å². The van der Waals surface area contributed by atoms with Crippen LogP contribution in [0.1, 0.15) is 86.5 Å². The van der Waals surface area contributed by atoms with Crippen LogP contribution in [0.5, 0.6) is 0 Å². The molecule has 284 valence electrons. The zero-order valence-electron chi connectivity index (χ0n) is 30.4. The third-order valence-electron chi connectivity index (χ3n) is 8.00. The van der Waals surface area contributed by atoms with Gasteiger partial charge in [-0.3, -0.25) is 0 Å². The molecule has 0 aromatic carbocycles. The smallest absolute Gasteiger partial charge is 0.325 e. The molecule has 0 bridgehead atoms. The number of methoxy groups -OCH3 is 1. The Labute approximate surface area is 293 Å². The van der Waals surface area contributed by atoms with Crippen molar-refractivity contribution >= 4 is 0 Å². The number of ether oxygens (including phenoxy) is 6. The molecule has 0 amide bonds. The maximum atomic E-state index is 11.1. The summed E-state index contributed by atoms with van der Waals surface area (Å²) in [7, 11) is 1.38. The fourth-order valence-corrected chi connectivity index (χ4v) is 5.04. The maximum Gasteiger partial charge on any atom is 0.325 e. The van der Waals surface area contributed by atoms with Crippen molar-refractivity contribution in [1.82, 2.24) is 0 Å². The van der Waals surface area contributed by atoms with Crippen LogP contribution in [0.15, 0.2) is 53.8 Å². The Bertz CT molecular complexity index is 1070. The molecule has 0 aliphatic carbocycles. The monoisotopic (exact) mass is 697 g/mol. The molecule has 0 saturated carbocycles. The van der Waals surface area contributed by atoms with E-state index in [1.807, 2.05) is 13.8 Å². The van der Waals surface area contributed by atoms with Gasteiger partial charge >= 0.3 is 5.95 Å². The van der Waals surface area contributed by atoms with Crippen LogP contribution in [0.2, 0.25) is 0 Å². The predicted octanol–water partition coefficient (Wildman–Crippen LogP) is 4.64. The third-order valence-corrected chi connectivity index (χ3v) is 8.00.